The van der Waals surface area contributed by atoms with Gasteiger partial charge in [-0.15, -0.1) is 10.2 Å². The number of hydrogen-bond donors (Lipinski definition) is 0. The van der Waals surface area contributed by atoms with Crippen LogP contribution in [-0.2, 0) is 0 Å². The summed E-state index contributed by atoms with van der Waals surface area (Å²) in [7, 11) is 1.65. The largest absolute Gasteiger partial charge is 0.496 e. The predicted octanol–water partition coefficient (Wildman–Crippen LogP) is 4.75. The number of aromatic nitrogens is 3. The monoisotopic (exact) mass is 335 g/mol. The first-order chi connectivity index (χ1) is 11.8. The highest BCUT2D eigenvalue weighted by molar-refractivity contribution is 6.31. The molecule has 1 heterocycles. The van der Waals surface area contributed by atoms with Crippen LogP contribution in [0, 0.1) is 0 Å². The van der Waals surface area contributed by atoms with Crippen molar-refractivity contribution in [2.75, 3.05) is 7.11 Å². The van der Waals surface area contributed by atoms with E-state index in [9.17, 15) is 0 Å². The molecule has 0 unspecified atom stereocenters. The number of halogens is 1. The molecule has 0 atom stereocenters. The lowest BCUT2D eigenvalue weighted by atomic mass is 10.0. The maximum atomic E-state index is 6.18. The van der Waals surface area contributed by atoms with Gasteiger partial charge < -0.3 is 4.74 Å². The molecule has 0 fully saturated rings. The molecular weight excluding hydrogens is 322 g/mol. The molecule has 4 rings (SSSR count). The van der Waals surface area contributed by atoms with Crippen LogP contribution in [0.1, 0.15) is 0 Å². The third-order valence-electron chi connectivity index (χ3n) is 3.85. The second-order valence-electron chi connectivity index (χ2n) is 5.34. The molecule has 0 aliphatic rings. The maximum absolute atomic E-state index is 6.18. The van der Waals surface area contributed by atoms with Crippen molar-refractivity contribution in [2.24, 2.45) is 0 Å². The summed E-state index contributed by atoms with van der Waals surface area (Å²) in [6.07, 6.45) is 0. The molecule has 5 heteroatoms. The molecule has 0 amide bonds. The van der Waals surface area contributed by atoms with E-state index in [1.54, 1.807) is 11.9 Å². The highest BCUT2D eigenvalue weighted by Crippen LogP contribution is 2.35. The fourth-order valence-electron chi connectivity index (χ4n) is 2.72. The van der Waals surface area contributed by atoms with Crippen molar-refractivity contribution in [3.63, 3.8) is 0 Å². The Morgan fingerprint density at radius 3 is 2.50 bits per heavy atom. The highest BCUT2D eigenvalue weighted by atomic mass is 35.5. The quantitative estimate of drug-likeness (QED) is 0.542. The molecule has 24 heavy (non-hydrogen) atoms. The fourth-order valence-corrected chi connectivity index (χ4v) is 2.89. The van der Waals surface area contributed by atoms with Gasteiger partial charge in [-0.2, -0.15) is 4.80 Å². The van der Waals surface area contributed by atoms with Crippen LogP contribution >= 0.6 is 11.6 Å². The number of rotatable bonds is 3. The Morgan fingerprint density at radius 1 is 0.875 bits per heavy atom. The summed E-state index contributed by atoms with van der Waals surface area (Å²) in [6, 6.07) is 21.3. The van der Waals surface area contributed by atoms with Gasteiger partial charge in [-0.25, -0.2) is 0 Å². The van der Waals surface area contributed by atoms with E-state index in [-0.39, 0.29) is 0 Å². The number of nitrogens with zero attached hydrogens (tertiary/aromatic N) is 3. The molecule has 4 aromatic rings. The first-order valence-corrected chi connectivity index (χ1v) is 7.89. The van der Waals surface area contributed by atoms with E-state index in [4.69, 9.17) is 16.3 Å². The van der Waals surface area contributed by atoms with Crippen LogP contribution in [0.2, 0.25) is 5.02 Å². The zero-order valence-electron chi connectivity index (χ0n) is 13.0. The Kier molecular flexibility index (Phi) is 3.67. The first-order valence-electron chi connectivity index (χ1n) is 7.51. The maximum Gasteiger partial charge on any atom is 0.126 e. The Labute approximate surface area is 144 Å². The van der Waals surface area contributed by atoms with Gasteiger partial charge in [-0.05, 0) is 36.4 Å². The van der Waals surface area contributed by atoms with Crippen LogP contribution < -0.4 is 4.74 Å². The van der Waals surface area contributed by atoms with Crippen LogP contribution in [0.15, 0.2) is 66.7 Å². The fraction of sp³-hybridized carbons (Fsp3) is 0.0526. The van der Waals surface area contributed by atoms with Gasteiger partial charge in [0.15, 0.2) is 0 Å². The molecule has 0 aliphatic carbocycles. The number of para-hydroxylation sites is 1. The predicted molar refractivity (Wildman–Crippen MR) is 95.9 cm³/mol. The molecular formula is C19H14ClN3O. The van der Waals surface area contributed by atoms with E-state index in [1.807, 2.05) is 66.7 Å². The minimum atomic E-state index is 0.651. The molecule has 0 saturated carbocycles. The number of fused-ring (bicyclic) bond motifs is 1. The van der Waals surface area contributed by atoms with Crippen LogP contribution in [0.25, 0.3) is 27.8 Å². The SMILES string of the molecule is COc1ccc(Cl)cc1-c1cccc2nn(-c3ccccc3)nc12. The summed E-state index contributed by atoms with van der Waals surface area (Å²) < 4.78 is 5.48. The van der Waals surface area contributed by atoms with E-state index < -0.39 is 0 Å². The number of benzene rings is 3. The molecule has 0 N–H and O–H groups in total. The Bertz CT molecular complexity index is 1010. The van der Waals surface area contributed by atoms with Crippen molar-refractivity contribution in [2.45, 2.75) is 0 Å². The molecule has 4 nitrogen and oxygen atoms in total. The van der Waals surface area contributed by atoms with E-state index in [0.717, 1.165) is 33.6 Å². The van der Waals surface area contributed by atoms with Gasteiger partial charge >= 0.3 is 0 Å². The van der Waals surface area contributed by atoms with Crippen molar-refractivity contribution in [3.05, 3.63) is 71.8 Å². The summed E-state index contributed by atoms with van der Waals surface area (Å²) in [4.78, 5) is 1.64. The Morgan fingerprint density at radius 2 is 1.71 bits per heavy atom. The number of methoxy groups -OCH3 is 1. The average Bonchev–Trinajstić information content (AvgIpc) is 3.06. The summed E-state index contributed by atoms with van der Waals surface area (Å²) >= 11 is 6.18. The lowest BCUT2D eigenvalue weighted by Crippen LogP contribution is -1.97. The Hall–Kier alpha value is -2.85. The van der Waals surface area contributed by atoms with Gasteiger partial charge in [0, 0.05) is 16.1 Å². The third-order valence-corrected chi connectivity index (χ3v) is 4.09. The molecule has 0 saturated heterocycles. The molecule has 0 spiro atoms. The lowest BCUT2D eigenvalue weighted by molar-refractivity contribution is 0.416. The van der Waals surface area contributed by atoms with Crippen molar-refractivity contribution >= 4 is 22.6 Å². The summed E-state index contributed by atoms with van der Waals surface area (Å²) in [5.74, 6) is 0.751. The van der Waals surface area contributed by atoms with Crippen molar-refractivity contribution in [3.8, 4) is 22.6 Å². The third kappa shape index (κ3) is 2.51. The van der Waals surface area contributed by atoms with Gasteiger partial charge in [0.25, 0.3) is 0 Å². The van der Waals surface area contributed by atoms with Crippen LogP contribution in [0.4, 0.5) is 0 Å². The topological polar surface area (TPSA) is 39.9 Å². The van der Waals surface area contributed by atoms with Crippen LogP contribution in [-0.4, -0.2) is 22.1 Å². The van der Waals surface area contributed by atoms with Crippen LogP contribution in [0.5, 0.6) is 5.75 Å². The first kappa shape index (κ1) is 14.7. The van der Waals surface area contributed by atoms with Crippen molar-refractivity contribution in [1.29, 1.82) is 0 Å². The summed E-state index contributed by atoms with van der Waals surface area (Å²) in [5, 5.41) is 9.90. The molecule has 3 aromatic carbocycles. The van der Waals surface area contributed by atoms with E-state index >= 15 is 0 Å². The second-order valence-corrected chi connectivity index (χ2v) is 5.78. The minimum Gasteiger partial charge on any atom is -0.496 e. The van der Waals surface area contributed by atoms with E-state index in [2.05, 4.69) is 10.2 Å². The van der Waals surface area contributed by atoms with E-state index in [1.165, 1.54) is 0 Å². The zero-order chi connectivity index (χ0) is 16.5. The number of ether oxygens (including phenoxy) is 1. The van der Waals surface area contributed by atoms with E-state index in [0.29, 0.717) is 5.02 Å². The van der Waals surface area contributed by atoms with Gasteiger partial charge in [-0.1, -0.05) is 41.9 Å². The van der Waals surface area contributed by atoms with Gasteiger partial charge in [0.05, 0.1) is 12.8 Å². The summed E-state index contributed by atoms with van der Waals surface area (Å²) in [5.41, 5.74) is 4.38. The lowest BCUT2D eigenvalue weighted by Gasteiger charge is -2.09. The smallest absolute Gasteiger partial charge is 0.126 e. The molecule has 118 valence electrons. The summed E-state index contributed by atoms with van der Waals surface area (Å²) in [6.45, 7) is 0. The standard InChI is InChI=1S/C19H14ClN3O/c1-24-18-11-10-13(20)12-16(18)15-8-5-9-17-19(15)22-23(21-17)14-6-3-2-4-7-14/h2-12H,1H3. The molecule has 0 bridgehead atoms. The Balaban J connectivity index is 1.94. The van der Waals surface area contributed by atoms with Gasteiger partial charge in [0.2, 0.25) is 0 Å². The average molecular weight is 336 g/mol. The van der Waals surface area contributed by atoms with Gasteiger partial charge in [-0.3, -0.25) is 0 Å². The molecule has 0 aliphatic heterocycles. The highest BCUT2D eigenvalue weighted by Gasteiger charge is 2.14. The van der Waals surface area contributed by atoms with Gasteiger partial charge in [0.1, 0.15) is 16.8 Å². The van der Waals surface area contributed by atoms with Crippen molar-refractivity contribution in [1.82, 2.24) is 15.0 Å². The molecule has 0 radical (unpaired) electrons. The number of hydrogen-bond acceptors (Lipinski definition) is 3. The zero-order valence-corrected chi connectivity index (χ0v) is 13.7. The normalized spacial score (nSPS) is 10.9. The van der Waals surface area contributed by atoms with Crippen LogP contribution in [0.3, 0.4) is 0 Å². The van der Waals surface area contributed by atoms with Crippen molar-refractivity contribution < 1.29 is 4.74 Å². The minimum absolute atomic E-state index is 0.651. The molecule has 1 aromatic heterocycles. The second kappa shape index (κ2) is 5.98.